The third kappa shape index (κ3) is 1.08. The predicted molar refractivity (Wildman–Crippen MR) is 48.0 cm³/mol. The van der Waals surface area contributed by atoms with Gasteiger partial charge in [0.05, 0.1) is 0 Å². The van der Waals surface area contributed by atoms with Gasteiger partial charge in [-0.1, -0.05) is 6.07 Å². The summed E-state index contributed by atoms with van der Waals surface area (Å²) in [5, 5.41) is 3.12. The van der Waals surface area contributed by atoms with Crippen LogP contribution < -0.4 is 5.32 Å². The highest BCUT2D eigenvalue weighted by Gasteiger charge is 1.97. The first-order valence-electron chi connectivity index (χ1n) is 3.97. The molecule has 0 spiro atoms. The monoisotopic (exact) mass is 161 g/mol. The van der Waals surface area contributed by atoms with Gasteiger partial charge in [-0.3, -0.25) is 0 Å². The Bertz CT molecular complexity index is 378. The zero-order valence-corrected chi connectivity index (χ0v) is 6.99. The van der Waals surface area contributed by atoms with Gasteiger partial charge in [0.25, 0.3) is 0 Å². The molecule has 0 aliphatic rings. The predicted octanol–water partition coefficient (Wildman–Crippen LogP) is 1.05. The maximum absolute atomic E-state index is 4.20. The van der Waals surface area contributed by atoms with E-state index in [2.05, 4.69) is 20.8 Å². The zero-order valence-electron chi connectivity index (χ0n) is 6.99. The van der Waals surface area contributed by atoms with E-state index >= 15 is 0 Å². The van der Waals surface area contributed by atoms with Crippen LogP contribution in [0.3, 0.4) is 0 Å². The molecule has 3 nitrogen and oxygen atoms in total. The second-order valence-corrected chi connectivity index (χ2v) is 2.70. The molecule has 0 saturated heterocycles. The van der Waals surface area contributed by atoms with Crippen molar-refractivity contribution in [2.45, 2.75) is 6.54 Å². The molecular formula is C9H11N3. The average Bonchev–Trinajstić information content (AvgIpc) is 2.53. The van der Waals surface area contributed by atoms with Crippen LogP contribution in [0.25, 0.3) is 5.65 Å². The fraction of sp³-hybridized carbons (Fsp3) is 0.222. The van der Waals surface area contributed by atoms with Gasteiger partial charge in [0.1, 0.15) is 5.65 Å². The van der Waals surface area contributed by atoms with Crippen molar-refractivity contribution in [3.8, 4) is 0 Å². The molecule has 2 aromatic heterocycles. The van der Waals surface area contributed by atoms with E-state index in [1.54, 1.807) is 0 Å². The minimum Gasteiger partial charge on any atom is -0.314 e. The van der Waals surface area contributed by atoms with Crippen molar-refractivity contribution in [3.05, 3.63) is 36.3 Å². The number of hydrogen-bond donors (Lipinski definition) is 1. The summed E-state index contributed by atoms with van der Waals surface area (Å²) in [6, 6.07) is 6.11. The van der Waals surface area contributed by atoms with E-state index in [1.165, 1.54) is 5.69 Å². The lowest BCUT2D eigenvalue weighted by Gasteiger charge is -2.02. The Kier molecular flexibility index (Phi) is 1.80. The fourth-order valence-corrected chi connectivity index (χ4v) is 1.33. The van der Waals surface area contributed by atoms with E-state index < -0.39 is 0 Å². The minimum absolute atomic E-state index is 0.869. The van der Waals surface area contributed by atoms with Crippen LogP contribution in [0, 0.1) is 0 Å². The normalized spacial score (nSPS) is 10.8. The molecule has 2 rings (SSSR count). The number of nitrogens with zero attached hydrogens (tertiary/aromatic N) is 2. The van der Waals surface area contributed by atoms with Gasteiger partial charge >= 0.3 is 0 Å². The summed E-state index contributed by atoms with van der Waals surface area (Å²) in [7, 11) is 1.94. The summed E-state index contributed by atoms with van der Waals surface area (Å²) in [4.78, 5) is 4.20. The maximum Gasteiger partial charge on any atom is 0.136 e. The Morgan fingerprint density at radius 1 is 1.50 bits per heavy atom. The highest BCUT2D eigenvalue weighted by atomic mass is 15.0. The second-order valence-electron chi connectivity index (χ2n) is 2.70. The smallest absolute Gasteiger partial charge is 0.136 e. The van der Waals surface area contributed by atoms with Crippen LogP contribution in [0.2, 0.25) is 0 Å². The number of imidazole rings is 1. The molecule has 0 aliphatic heterocycles. The molecule has 2 aromatic rings. The van der Waals surface area contributed by atoms with Gasteiger partial charge in [0, 0.05) is 24.6 Å². The third-order valence-corrected chi connectivity index (χ3v) is 1.87. The van der Waals surface area contributed by atoms with Crippen molar-refractivity contribution in [1.82, 2.24) is 14.7 Å². The van der Waals surface area contributed by atoms with Gasteiger partial charge in [-0.2, -0.15) is 0 Å². The topological polar surface area (TPSA) is 29.3 Å². The van der Waals surface area contributed by atoms with Crippen molar-refractivity contribution in [3.63, 3.8) is 0 Å². The molecule has 0 saturated carbocycles. The lowest BCUT2D eigenvalue weighted by molar-refractivity contribution is 0.777. The average molecular weight is 161 g/mol. The minimum atomic E-state index is 0.869. The van der Waals surface area contributed by atoms with Gasteiger partial charge in [-0.25, -0.2) is 4.98 Å². The molecule has 62 valence electrons. The summed E-state index contributed by atoms with van der Waals surface area (Å²) < 4.78 is 2.08. The molecule has 0 fully saturated rings. The van der Waals surface area contributed by atoms with Crippen LogP contribution in [-0.2, 0) is 6.54 Å². The van der Waals surface area contributed by atoms with Gasteiger partial charge in [0.2, 0.25) is 0 Å². The van der Waals surface area contributed by atoms with Gasteiger partial charge in [-0.05, 0) is 19.2 Å². The number of hydrogen-bond acceptors (Lipinski definition) is 2. The van der Waals surface area contributed by atoms with Crippen LogP contribution in [0.15, 0.2) is 30.6 Å². The van der Waals surface area contributed by atoms with E-state index in [-0.39, 0.29) is 0 Å². The van der Waals surface area contributed by atoms with Crippen LogP contribution in [-0.4, -0.2) is 16.4 Å². The van der Waals surface area contributed by atoms with Crippen molar-refractivity contribution in [1.29, 1.82) is 0 Å². The van der Waals surface area contributed by atoms with Crippen molar-refractivity contribution in [2.24, 2.45) is 0 Å². The standard InChI is InChI=1S/C9H11N3/c1-10-7-8-3-2-4-9-11-5-6-12(8)9/h2-6,10H,7H2,1H3. The first-order chi connectivity index (χ1) is 5.92. The third-order valence-electron chi connectivity index (χ3n) is 1.87. The van der Waals surface area contributed by atoms with E-state index in [1.807, 2.05) is 31.6 Å². The molecule has 0 amide bonds. The molecule has 0 aliphatic carbocycles. The first-order valence-corrected chi connectivity index (χ1v) is 3.97. The van der Waals surface area contributed by atoms with E-state index in [0.29, 0.717) is 0 Å². The number of nitrogens with one attached hydrogen (secondary N) is 1. The largest absolute Gasteiger partial charge is 0.314 e. The second kappa shape index (κ2) is 2.95. The molecule has 0 unspecified atom stereocenters. The SMILES string of the molecule is CNCc1cccc2nccn12. The zero-order chi connectivity index (χ0) is 8.39. The molecule has 0 radical (unpaired) electrons. The highest BCUT2D eigenvalue weighted by Crippen LogP contribution is 2.04. The Morgan fingerprint density at radius 3 is 3.25 bits per heavy atom. The van der Waals surface area contributed by atoms with Crippen molar-refractivity contribution in [2.75, 3.05) is 7.05 Å². The van der Waals surface area contributed by atoms with Gasteiger partial charge < -0.3 is 9.72 Å². The van der Waals surface area contributed by atoms with Gasteiger partial charge in [-0.15, -0.1) is 0 Å². The molecule has 3 heteroatoms. The summed E-state index contributed by atoms with van der Waals surface area (Å²) in [6.07, 6.45) is 3.79. The molecule has 0 atom stereocenters. The number of aromatic nitrogens is 2. The molecular weight excluding hydrogens is 150 g/mol. The fourth-order valence-electron chi connectivity index (χ4n) is 1.33. The molecule has 12 heavy (non-hydrogen) atoms. The lowest BCUT2D eigenvalue weighted by atomic mass is 10.3. The lowest BCUT2D eigenvalue weighted by Crippen LogP contribution is -2.08. The van der Waals surface area contributed by atoms with Crippen LogP contribution in [0.5, 0.6) is 0 Å². The van der Waals surface area contributed by atoms with E-state index in [0.717, 1.165) is 12.2 Å². The summed E-state index contributed by atoms with van der Waals surface area (Å²) in [5.74, 6) is 0. The van der Waals surface area contributed by atoms with E-state index in [9.17, 15) is 0 Å². The number of rotatable bonds is 2. The summed E-state index contributed by atoms with van der Waals surface area (Å²) in [5.41, 5.74) is 2.23. The quantitative estimate of drug-likeness (QED) is 0.713. The van der Waals surface area contributed by atoms with Crippen LogP contribution in [0.1, 0.15) is 5.69 Å². The highest BCUT2D eigenvalue weighted by molar-refractivity contribution is 5.39. The van der Waals surface area contributed by atoms with Crippen LogP contribution in [0.4, 0.5) is 0 Å². The maximum atomic E-state index is 4.20. The number of fused-ring (bicyclic) bond motifs is 1. The molecule has 0 aromatic carbocycles. The Hall–Kier alpha value is -1.35. The molecule has 1 N–H and O–H groups in total. The Balaban J connectivity index is 2.57. The number of pyridine rings is 1. The molecule has 0 bridgehead atoms. The Labute approximate surface area is 71.0 Å². The van der Waals surface area contributed by atoms with Gasteiger partial charge in [0.15, 0.2) is 0 Å². The summed E-state index contributed by atoms with van der Waals surface area (Å²) in [6.45, 7) is 0.869. The summed E-state index contributed by atoms with van der Waals surface area (Å²) >= 11 is 0. The Morgan fingerprint density at radius 2 is 2.42 bits per heavy atom. The van der Waals surface area contributed by atoms with Crippen molar-refractivity contribution < 1.29 is 0 Å². The van der Waals surface area contributed by atoms with E-state index in [4.69, 9.17) is 0 Å². The van der Waals surface area contributed by atoms with Crippen molar-refractivity contribution >= 4 is 5.65 Å². The van der Waals surface area contributed by atoms with Crippen LogP contribution >= 0.6 is 0 Å². The first kappa shape index (κ1) is 7.31. The molecule has 2 heterocycles.